The van der Waals surface area contributed by atoms with Gasteiger partial charge >= 0.3 is 6.18 Å². The lowest BCUT2D eigenvalue weighted by molar-refractivity contribution is -0.138. The second-order valence-electron chi connectivity index (χ2n) is 8.60. The summed E-state index contributed by atoms with van der Waals surface area (Å²) in [5.74, 6) is -0.0313. The van der Waals surface area contributed by atoms with Crippen LogP contribution in [0.3, 0.4) is 0 Å². The third-order valence-corrected chi connectivity index (χ3v) is 5.18. The standard InChI is InChI=1S/C27H27F3N6O/c1-16(2)24(15-31-17(3)4)36-26-33-12-21(13-34-26)20-8-6-19(7-9-20)10-25(37)35-22-11-23(27(28,29)30)18(5)32-14-22/h6-9,11-15H,3,10H2,1-2,4-5H3,(H,35,37)(H,33,34,36)/b31-15-. The number of allylic oxidation sites excluding steroid dienone is 3. The minimum atomic E-state index is -4.54. The molecule has 3 rings (SSSR count). The number of nitrogens with zero attached hydrogens (tertiary/aromatic N) is 4. The number of benzene rings is 1. The van der Waals surface area contributed by atoms with Crippen LogP contribution in [0.4, 0.5) is 24.8 Å². The highest BCUT2D eigenvalue weighted by Gasteiger charge is 2.33. The van der Waals surface area contributed by atoms with E-state index in [1.165, 1.54) is 13.1 Å². The zero-order valence-corrected chi connectivity index (χ0v) is 20.9. The Morgan fingerprint density at radius 2 is 1.65 bits per heavy atom. The number of aromatic nitrogens is 3. The van der Waals surface area contributed by atoms with Crippen molar-refractivity contribution in [1.82, 2.24) is 15.0 Å². The summed E-state index contributed by atoms with van der Waals surface area (Å²) in [6.07, 6.45) is 1.69. The SMILES string of the molecule is C=C(C)/N=C\C(Nc1ncc(-c2ccc(CC(=O)Nc3cnc(C)c(C(F)(F)F)c3)cc2)cn1)=C(C)C. The Balaban J connectivity index is 1.64. The number of aliphatic imine (C=N–C) groups is 1. The first-order valence-electron chi connectivity index (χ1n) is 11.3. The van der Waals surface area contributed by atoms with Crippen molar-refractivity contribution < 1.29 is 18.0 Å². The molecule has 0 spiro atoms. The van der Waals surface area contributed by atoms with Crippen LogP contribution in [0.5, 0.6) is 0 Å². The molecule has 0 fully saturated rings. The number of hydrogen-bond acceptors (Lipinski definition) is 6. The largest absolute Gasteiger partial charge is 0.418 e. The van der Waals surface area contributed by atoms with Gasteiger partial charge in [0.25, 0.3) is 0 Å². The summed E-state index contributed by atoms with van der Waals surface area (Å²) in [6, 6.07) is 8.07. The molecule has 0 unspecified atom stereocenters. The van der Waals surface area contributed by atoms with E-state index in [1.807, 2.05) is 26.0 Å². The van der Waals surface area contributed by atoms with Gasteiger partial charge in [0.1, 0.15) is 0 Å². The van der Waals surface area contributed by atoms with Crippen molar-refractivity contribution in [3.63, 3.8) is 0 Å². The molecule has 1 amide bonds. The van der Waals surface area contributed by atoms with E-state index in [-0.39, 0.29) is 17.8 Å². The van der Waals surface area contributed by atoms with Crippen LogP contribution in [0.1, 0.15) is 37.6 Å². The number of pyridine rings is 1. The second kappa shape index (κ2) is 11.6. The molecule has 0 aliphatic carbocycles. The number of halogens is 3. The van der Waals surface area contributed by atoms with E-state index in [1.54, 1.807) is 37.7 Å². The summed E-state index contributed by atoms with van der Waals surface area (Å²) in [5.41, 5.74) is 3.75. The van der Waals surface area contributed by atoms with E-state index in [4.69, 9.17) is 0 Å². The molecule has 10 heteroatoms. The van der Waals surface area contributed by atoms with Gasteiger partial charge in [-0.05, 0) is 44.9 Å². The van der Waals surface area contributed by atoms with Crippen LogP contribution in [-0.4, -0.2) is 27.1 Å². The Labute approximate surface area is 213 Å². The van der Waals surface area contributed by atoms with Crippen LogP contribution in [0.2, 0.25) is 0 Å². The monoisotopic (exact) mass is 508 g/mol. The van der Waals surface area contributed by atoms with Crippen LogP contribution in [0.25, 0.3) is 11.1 Å². The van der Waals surface area contributed by atoms with Crippen LogP contribution < -0.4 is 10.6 Å². The number of hydrogen-bond donors (Lipinski definition) is 2. The summed E-state index contributed by atoms with van der Waals surface area (Å²) in [6.45, 7) is 10.7. The van der Waals surface area contributed by atoms with Crippen molar-refractivity contribution in [3.05, 3.63) is 89.3 Å². The van der Waals surface area contributed by atoms with Gasteiger partial charge in [-0.2, -0.15) is 13.2 Å². The van der Waals surface area contributed by atoms with E-state index in [9.17, 15) is 18.0 Å². The van der Waals surface area contributed by atoms with Gasteiger partial charge in [-0.1, -0.05) is 36.4 Å². The third-order valence-electron chi connectivity index (χ3n) is 5.18. The third kappa shape index (κ3) is 7.83. The van der Waals surface area contributed by atoms with Gasteiger partial charge in [0.15, 0.2) is 0 Å². The molecule has 0 aliphatic heterocycles. The summed E-state index contributed by atoms with van der Waals surface area (Å²) in [4.78, 5) is 29.0. The summed E-state index contributed by atoms with van der Waals surface area (Å²) in [7, 11) is 0. The zero-order valence-electron chi connectivity index (χ0n) is 20.9. The molecule has 0 aliphatic rings. The van der Waals surface area contributed by atoms with E-state index in [0.29, 0.717) is 17.2 Å². The Morgan fingerprint density at radius 3 is 2.22 bits per heavy atom. The summed E-state index contributed by atoms with van der Waals surface area (Å²) >= 11 is 0. The molecule has 0 saturated heterocycles. The smallest absolute Gasteiger partial charge is 0.324 e. The Morgan fingerprint density at radius 1 is 1.00 bits per heavy atom. The van der Waals surface area contributed by atoms with Gasteiger partial charge in [-0.3, -0.25) is 14.8 Å². The maximum Gasteiger partial charge on any atom is 0.418 e. The van der Waals surface area contributed by atoms with Gasteiger partial charge in [0.05, 0.1) is 35.8 Å². The van der Waals surface area contributed by atoms with Crippen molar-refractivity contribution in [2.24, 2.45) is 4.99 Å². The fourth-order valence-electron chi connectivity index (χ4n) is 3.22. The lowest BCUT2D eigenvalue weighted by Crippen LogP contribution is -2.16. The number of nitrogens with one attached hydrogen (secondary N) is 2. The molecule has 2 N–H and O–H groups in total. The molecular formula is C27H27F3N6O. The number of aryl methyl sites for hydroxylation is 1. The normalized spacial score (nSPS) is 11.3. The molecule has 0 bridgehead atoms. The highest BCUT2D eigenvalue weighted by molar-refractivity contribution is 5.92. The molecule has 0 radical (unpaired) electrons. The lowest BCUT2D eigenvalue weighted by atomic mass is 10.0. The van der Waals surface area contributed by atoms with Gasteiger partial charge < -0.3 is 10.6 Å². The summed E-state index contributed by atoms with van der Waals surface area (Å²) in [5, 5.41) is 5.61. The van der Waals surface area contributed by atoms with Crippen LogP contribution in [0.15, 0.2) is 77.5 Å². The van der Waals surface area contributed by atoms with E-state index in [2.05, 4.69) is 37.2 Å². The maximum atomic E-state index is 13.1. The molecule has 0 saturated carbocycles. The molecule has 37 heavy (non-hydrogen) atoms. The summed E-state index contributed by atoms with van der Waals surface area (Å²) < 4.78 is 39.2. The lowest BCUT2D eigenvalue weighted by Gasteiger charge is -2.12. The molecular weight excluding hydrogens is 481 g/mol. The quantitative estimate of drug-likeness (QED) is 0.346. The first kappa shape index (κ1) is 27.3. The number of rotatable bonds is 8. The van der Waals surface area contributed by atoms with E-state index >= 15 is 0 Å². The molecule has 7 nitrogen and oxygen atoms in total. The topological polar surface area (TPSA) is 92.2 Å². The van der Waals surface area contributed by atoms with Crippen molar-refractivity contribution in [1.29, 1.82) is 0 Å². The Kier molecular flexibility index (Phi) is 8.54. The van der Waals surface area contributed by atoms with Crippen molar-refractivity contribution in [3.8, 4) is 11.1 Å². The second-order valence-corrected chi connectivity index (χ2v) is 8.60. The fraction of sp³-hybridized carbons (Fsp3) is 0.222. The first-order chi connectivity index (χ1) is 17.4. The minimum absolute atomic E-state index is 0.00689. The van der Waals surface area contributed by atoms with Gasteiger partial charge in [0.2, 0.25) is 11.9 Å². The predicted octanol–water partition coefficient (Wildman–Crippen LogP) is 6.36. The maximum absolute atomic E-state index is 13.1. The van der Waals surface area contributed by atoms with Crippen LogP contribution >= 0.6 is 0 Å². The van der Waals surface area contributed by atoms with Crippen molar-refractivity contribution >= 4 is 23.8 Å². The average Bonchev–Trinajstić information content (AvgIpc) is 2.83. The number of anilines is 2. The van der Waals surface area contributed by atoms with Crippen LogP contribution in [0, 0.1) is 6.92 Å². The molecule has 3 aromatic rings. The Bertz CT molecular complexity index is 1340. The molecule has 2 heterocycles. The van der Waals surface area contributed by atoms with Gasteiger partial charge in [-0.15, -0.1) is 0 Å². The fourth-order valence-corrected chi connectivity index (χ4v) is 3.22. The van der Waals surface area contributed by atoms with Crippen molar-refractivity contribution in [2.45, 2.75) is 40.3 Å². The predicted molar refractivity (Wildman–Crippen MR) is 139 cm³/mol. The number of alkyl halides is 3. The number of carbonyl (C=O) groups is 1. The highest BCUT2D eigenvalue weighted by atomic mass is 19.4. The molecule has 0 atom stereocenters. The van der Waals surface area contributed by atoms with Crippen molar-refractivity contribution in [2.75, 3.05) is 10.6 Å². The van der Waals surface area contributed by atoms with E-state index < -0.39 is 17.6 Å². The van der Waals surface area contributed by atoms with E-state index in [0.717, 1.165) is 28.5 Å². The molecule has 192 valence electrons. The van der Waals surface area contributed by atoms with Gasteiger partial charge in [0, 0.05) is 29.3 Å². The molecule has 1 aromatic carbocycles. The number of carbonyl (C=O) groups excluding carboxylic acids is 1. The van der Waals surface area contributed by atoms with Gasteiger partial charge in [-0.25, -0.2) is 9.97 Å². The number of amides is 1. The first-order valence-corrected chi connectivity index (χ1v) is 11.3. The van der Waals surface area contributed by atoms with Crippen LogP contribution in [-0.2, 0) is 17.4 Å². The Hall–Kier alpha value is -4.34. The minimum Gasteiger partial charge on any atom is -0.324 e. The average molecular weight is 509 g/mol. The zero-order chi connectivity index (χ0) is 27.2. The molecule has 2 aromatic heterocycles. The highest BCUT2D eigenvalue weighted by Crippen LogP contribution is 2.32.